The second-order valence-corrected chi connectivity index (χ2v) is 6.80. The molecule has 8 heteroatoms. The van der Waals surface area contributed by atoms with Crippen LogP contribution in [0.2, 0.25) is 0 Å². The summed E-state index contributed by atoms with van der Waals surface area (Å²) in [5.41, 5.74) is 1.70. The molecule has 6 nitrogen and oxygen atoms in total. The van der Waals surface area contributed by atoms with E-state index in [1.54, 1.807) is 18.7 Å². The molecule has 1 aliphatic heterocycles. The van der Waals surface area contributed by atoms with E-state index < -0.39 is 5.92 Å². The minimum atomic E-state index is -0.463. The van der Waals surface area contributed by atoms with Gasteiger partial charge in [0, 0.05) is 40.2 Å². The lowest BCUT2D eigenvalue weighted by Crippen LogP contribution is -2.17. The van der Waals surface area contributed by atoms with Gasteiger partial charge in [-0.1, -0.05) is 0 Å². The number of nitrogens with one attached hydrogen (secondary N) is 3. The molecule has 3 rings (SSSR count). The van der Waals surface area contributed by atoms with E-state index in [0.29, 0.717) is 25.4 Å². The first-order valence-electron chi connectivity index (χ1n) is 7.72. The molecule has 3 N–H and O–H groups in total. The Labute approximate surface area is 148 Å². The smallest absolute Gasteiger partial charge is 0.315 e. The third-order valence-electron chi connectivity index (χ3n) is 3.89. The molecule has 0 saturated carbocycles. The zero-order chi connectivity index (χ0) is 17.1. The number of aromatic nitrogens is 1. The maximum atomic E-state index is 12.3. The average molecular weight is 368 g/mol. The van der Waals surface area contributed by atoms with E-state index >= 15 is 0 Å². The van der Waals surface area contributed by atoms with Gasteiger partial charge in [-0.05, 0) is 36.9 Å². The summed E-state index contributed by atoms with van der Waals surface area (Å²) in [6, 6.07) is 5.82. The molecular formula is C16H18ClN3O3S. The first-order valence-corrected chi connectivity index (χ1v) is 9.08. The lowest BCUT2D eigenvalue weighted by atomic mass is 9.97. The molecular weight excluding hydrogens is 350 g/mol. The molecule has 0 spiro atoms. The minimum absolute atomic E-state index is 0.212. The summed E-state index contributed by atoms with van der Waals surface area (Å²) in [7, 11) is 0. The van der Waals surface area contributed by atoms with Crippen LogP contribution in [0.3, 0.4) is 0 Å². The van der Waals surface area contributed by atoms with Gasteiger partial charge in [0.15, 0.2) is 0 Å². The monoisotopic (exact) mass is 367 g/mol. The van der Waals surface area contributed by atoms with Crippen LogP contribution in [0.4, 0.5) is 5.69 Å². The number of pyridine rings is 1. The van der Waals surface area contributed by atoms with Gasteiger partial charge in [-0.15, -0.1) is 11.8 Å². The van der Waals surface area contributed by atoms with Crippen LogP contribution in [0.1, 0.15) is 18.4 Å². The number of thioether (sulfide) groups is 1. The molecule has 1 atom stereocenters. The molecule has 128 valence electrons. The Morgan fingerprint density at radius 1 is 1.50 bits per heavy atom. The van der Waals surface area contributed by atoms with Gasteiger partial charge >= 0.3 is 5.97 Å². The van der Waals surface area contributed by atoms with E-state index in [1.165, 1.54) is 0 Å². The molecule has 2 aromatic rings. The number of fused-ring (bicyclic) bond motifs is 3. The van der Waals surface area contributed by atoms with Crippen LogP contribution < -0.4 is 15.7 Å². The van der Waals surface area contributed by atoms with Crippen LogP contribution in [-0.4, -0.2) is 36.4 Å². The van der Waals surface area contributed by atoms with Gasteiger partial charge < -0.3 is 15.0 Å². The summed E-state index contributed by atoms with van der Waals surface area (Å²) >= 11 is 7.13. The topological polar surface area (TPSA) is 83.2 Å². The Kier molecular flexibility index (Phi) is 5.33. The molecule has 1 aromatic carbocycles. The van der Waals surface area contributed by atoms with Gasteiger partial charge in [0.2, 0.25) is 0 Å². The van der Waals surface area contributed by atoms with Gasteiger partial charge in [-0.2, -0.15) is 0 Å². The number of halogens is 1. The lowest BCUT2D eigenvalue weighted by molar-refractivity contribution is -0.144. The van der Waals surface area contributed by atoms with Gasteiger partial charge in [0.25, 0.3) is 5.56 Å². The van der Waals surface area contributed by atoms with Crippen molar-refractivity contribution in [3.63, 3.8) is 0 Å². The van der Waals surface area contributed by atoms with Gasteiger partial charge in [0.1, 0.15) is 11.6 Å². The number of hydrogen-bond donors (Lipinski definition) is 3. The summed E-state index contributed by atoms with van der Waals surface area (Å²) in [5.74, 6) is 0.0506. The molecule has 1 unspecified atom stereocenters. The Balaban J connectivity index is 2.06. The number of benzene rings is 1. The fourth-order valence-corrected chi connectivity index (χ4v) is 3.89. The second kappa shape index (κ2) is 7.46. The standard InChI is InChI=1S/C16H18ClN3O3S/c1-2-23-16(22)11-8-18-14-13(11)10-7-9(24-6-5-19-17)3-4-12(10)20-15(14)21/h3-4,7,11,18-19H,2,5-6,8H2,1H3,(H,20,21). The van der Waals surface area contributed by atoms with Crippen molar-refractivity contribution in [3.05, 3.63) is 34.1 Å². The van der Waals surface area contributed by atoms with Crippen LogP contribution in [0.25, 0.3) is 10.9 Å². The Morgan fingerprint density at radius 3 is 3.08 bits per heavy atom. The number of aromatic amines is 1. The van der Waals surface area contributed by atoms with E-state index in [9.17, 15) is 9.59 Å². The summed E-state index contributed by atoms with van der Waals surface area (Å²) in [5, 5.41) is 3.91. The molecule has 0 amide bonds. The first kappa shape index (κ1) is 17.1. The Hall–Kier alpha value is -1.70. The van der Waals surface area contributed by atoms with Crippen LogP contribution >= 0.6 is 23.5 Å². The molecule has 0 aliphatic carbocycles. The van der Waals surface area contributed by atoms with Gasteiger partial charge in [-0.25, -0.2) is 4.84 Å². The molecule has 0 fully saturated rings. The van der Waals surface area contributed by atoms with Crippen molar-refractivity contribution < 1.29 is 9.53 Å². The SMILES string of the molecule is CCOC(=O)C1CNc2c1c1cc(SCCNCl)ccc1[nH]c2=O. The highest BCUT2D eigenvalue weighted by molar-refractivity contribution is 7.99. The number of carbonyl (C=O) groups is 1. The first-order chi connectivity index (χ1) is 11.7. The van der Waals surface area contributed by atoms with Crippen molar-refractivity contribution in [2.24, 2.45) is 0 Å². The number of rotatable bonds is 6. The van der Waals surface area contributed by atoms with E-state index in [1.807, 2.05) is 18.2 Å². The van der Waals surface area contributed by atoms with Crippen molar-refractivity contribution >= 4 is 46.1 Å². The van der Waals surface area contributed by atoms with Gasteiger partial charge in [0.05, 0.1) is 6.61 Å². The molecule has 0 bridgehead atoms. The van der Waals surface area contributed by atoms with Crippen LogP contribution in [0.5, 0.6) is 0 Å². The molecule has 0 radical (unpaired) electrons. The third-order valence-corrected chi connectivity index (χ3v) is 5.08. The highest BCUT2D eigenvalue weighted by atomic mass is 35.5. The normalized spacial score (nSPS) is 16.0. The molecule has 0 saturated heterocycles. The zero-order valence-corrected chi connectivity index (χ0v) is 14.7. The van der Waals surface area contributed by atoms with Crippen LogP contribution in [-0.2, 0) is 9.53 Å². The van der Waals surface area contributed by atoms with Crippen molar-refractivity contribution in [1.29, 1.82) is 0 Å². The van der Waals surface area contributed by atoms with Crippen molar-refractivity contribution in [1.82, 2.24) is 9.82 Å². The van der Waals surface area contributed by atoms with E-state index in [4.69, 9.17) is 16.5 Å². The van der Waals surface area contributed by atoms with E-state index in [-0.39, 0.29) is 11.5 Å². The predicted molar refractivity (Wildman–Crippen MR) is 97.0 cm³/mol. The third kappa shape index (κ3) is 3.24. The second-order valence-electron chi connectivity index (χ2n) is 5.37. The number of hydrogen-bond acceptors (Lipinski definition) is 6. The average Bonchev–Trinajstić information content (AvgIpc) is 3.02. The number of anilines is 1. The number of carbonyl (C=O) groups excluding carboxylic acids is 1. The molecule has 1 aliphatic rings. The van der Waals surface area contributed by atoms with Crippen molar-refractivity contribution in [3.8, 4) is 0 Å². The van der Waals surface area contributed by atoms with Gasteiger partial charge in [-0.3, -0.25) is 9.59 Å². The molecule has 24 heavy (non-hydrogen) atoms. The summed E-state index contributed by atoms with van der Waals surface area (Å²) in [6.07, 6.45) is 0. The van der Waals surface area contributed by atoms with E-state index in [2.05, 4.69) is 15.1 Å². The lowest BCUT2D eigenvalue weighted by Gasteiger charge is -2.12. The summed E-state index contributed by atoms with van der Waals surface area (Å²) in [6.45, 7) is 3.15. The van der Waals surface area contributed by atoms with Crippen LogP contribution in [0.15, 0.2) is 27.9 Å². The summed E-state index contributed by atoms with van der Waals surface area (Å²) in [4.78, 5) is 31.0. The quantitative estimate of drug-likeness (QED) is 0.315. The number of H-pyrrole nitrogens is 1. The van der Waals surface area contributed by atoms with Crippen molar-refractivity contribution in [2.45, 2.75) is 17.7 Å². The highest BCUT2D eigenvalue weighted by Gasteiger charge is 2.33. The number of esters is 1. The van der Waals surface area contributed by atoms with Crippen LogP contribution in [0, 0.1) is 0 Å². The Morgan fingerprint density at radius 2 is 2.33 bits per heavy atom. The van der Waals surface area contributed by atoms with Crippen molar-refractivity contribution in [2.75, 3.05) is 30.8 Å². The Bertz CT molecular complexity index is 824. The number of ether oxygens (including phenoxy) is 1. The largest absolute Gasteiger partial charge is 0.465 e. The fourth-order valence-electron chi connectivity index (χ4n) is 2.88. The fraction of sp³-hybridized carbons (Fsp3) is 0.375. The highest BCUT2D eigenvalue weighted by Crippen LogP contribution is 2.36. The van der Waals surface area contributed by atoms with E-state index in [0.717, 1.165) is 27.1 Å². The maximum Gasteiger partial charge on any atom is 0.315 e. The molecule has 1 aromatic heterocycles. The predicted octanol–water partition coefficient (Wildman–Crippen LogP) is 2.44. The summed E-state index contributed by atoms with van der Waals surface area (Å²) < 4.78 is 5.16. The zero-order valence-electron chi connectivity index (χ0n) is 13.1. The molecule has 2 heterocycles. The minimum Gasteiger partial charge on any atom is -0.465 e. The maximum absolute atomic E-state index is 12.3.